The average molecular weight is 321 g/mol. The molecule has 0 bridgehead atoms. The largest absolute Gasteiger partial charge is 0.434 e. The molecular formula is C14H22F3N3S. The fourth-order valence-electron chi connectivity index (χ4n) is 2.65. The highest BCUT2D eigenvalue weighted by molar-refractivity contribution is 7.86. The van der Waals surface area contributed by atoms with E-state index in [2.05, 4.69) is 8.76 Å². The Morgan fingerprint density at radius 1 is 1.19 bits per heavy atom. The number of halogens is 3. The van der Waals surface area contributed by atoms with E-state index in [1.165, 1.54) is 6.42 Å². The maximum Gasteiger partial charge on any atom is 0.434 e. The Hall–Kier alpha value is -0.850. The lowest BCUT2D eigenvalue weighted by atomic mass is 10.0. The zero-order valence-corrected chi connectivity index (χ0v) is 13.3. The molecule has 2 rings (SSSR count). The Morgan fingerprint density at radius 3 is 2.33 bits per heavy atom. The van der Waals surface area contributed by atoms with Crippen molar-refractivity contribution >= 4 is 16.7 Å². The number of hydrogen-bond donors (Lipinski definition) is 0. The molecule has 1 aliphatic heterocycles. The van der Waals surface area contributed by atoms with Crippen LogP contribution in [0.1, 0.15) is 46.0 Å². The van der Waals surface area contributed by atoms with Gasteiger partial charge in [0.15, 0.2) is 5.70 Å². The Labute approximate surface area is 126 Å². The SMILES string of the molecule is CCN(CC)C1=NS(C2CCCCC2)=NC(C(F)(F)F)=C1. The smallest absolute Gasteiger partial charge is 0.357 e. The predicted octanol–water partition coefficient (Wildman–Crippen LogP) is 4.24. The van der Waals surface area contributed by atoms with Crippen molar-refractivity contribution in [3.05, 3.63) is 11.8 Å². The highest BCUT2D eigenvalue weighted by Gasteiger charge is 2.37. The van der Waals surface area contributed by atoms with Crippen LogP contribution in [0.2, 0.25) is 0 Å². The number of hydrogen-bond acceptors (Lipinski definition) is 3. The molecule has 0 aromatic heterocycles. The summed E-state index contributed by atoms with van der Waals surface area (Å²) in [6, 6.07) is 0. The van der Waals surface area contributed by atoms with Gasteiger partial charge < -0.3 is 4.90 Å². The first-order valence-corrected chi connectivity index (χ1v) is 8.73. The molecule has 1 saturated carbocycles. The average Bonchev–Trinajstić information content (AvgIpc) is 2.48. The molecule has 0 saturated heterocycles. The van der Waals surface area contributed by atoms with Gasteiger partial charge in [0.25, 0.3) is 0 Å². The van der Waals surface area contributed by atoms with Gasteiger partial charge in [-0.2, -0.15) is 17.6 Å². The van der Waals surface area contributed by atoms with Gasteiger partial charge in [0, 0.05) is 35.3 Å². The van der Waals surface area contributed by atoms with Crippen LogP contribution in [-0.4, -0.2) is 35.3 Å². The van der Waals surface area contributed by atoms with E-state index in [1.54, 1.807) is 0 Å². The number of rotatable bonds is 3. The summed E-state index contributed by atoms with van der Waals surface area (Å²) in [6.45, 7) is 5.16. The number of amidine groups is 1. The third kappa shape index (κ3) is 4.08. The summed E-state index contributed by atoms with van der Waals surface area (Å²) in [7, 11) is -0.878. The number of nitrogens with zero attached hydrogens (tertiary/aromatic N) is 3. The number of likely N-dealkylation sites (N-methyl/N-ethyl adjacent to an activating group) is 1. The van der Waals surface area contributed by atoms with E-state index in [0.29, 0.717) is 18.9 Å². The van der Waals surface area contributed by atoms with Gasteiger partial charge in [-0.15, -0.1) is 0 Å². The maximum atomic E-state index is 13.1. The summed E-state index contributed by atoms with van der Waals surface area (Å²) in [5, 5.41) is 0.176. The van der Waals surface area contributed by atoms with Crippen molar-refractivity contribution in [3.8, 4) is 0 Å². The molecule has 0 aromatic rings. The normalized spacial score (nSPS) is 24.1. The third-order valence-electron chi connectivity index (χ3n) is 3.87. The minimum Gasteiger partial charge on any atom is -0.357 e. The molecule has 2 aliphatic rings. The molecule has 3 nitrogen and oxygen atoms in total. The summed E-state index contributed by atoms with van der Waals surface area (Å²) >= 11 is 0. The second-order valence-corrected chi connectivity index (χ2v) is 6.91. The Morgan fingerprint density at radius 2 is 1.81 bits per heavy atom. The van der Waals surface area contributed by atoms with Gasteiger partial charge in [0.05, 0.1) is 0 Å². The highest BCUT2D eigenvalue weighted by atomic mass is 32.2. The Bertz CT molecular complexity index is 459. The van der Waals surface area contributed by atoms with Crippen LogP contribution in [0.25, 0.3) is 0 Å². The molecule has 1 heterocycles. The van der Waals surface area contributed by atoms with E-state index < -0.39 is 22.8 Å². The second kappa shape index (κ2) is 6.94. The van der Waals surface area contributed by atoms with E-state index >= 15 is 0 Å². The Kier molecular flexibility index (Phi) is 5.46. The zero-order chi connectivity index (χ0) is 15.5. The van der Waals surface area contributed by atoms with Crippen LogP contribution >= 0.6 is 0 Å². The molecule has 7 heteroatoms. The van der Waals surface area contributed by atoms with Crippen molar-refractivity contribution in [2.75, 3.05) is 13.1 Å². The van der Waals surface area contributed by atoms with E-state index in [0.717, 1.165) is 31.8 Å². The molecule has 1 atom stereocenters. The molecule has 0 N–H and O–H groups in total. The Balaban J connectivity index is 2.33. The second-order valence-electron chi connectivity index (χ2n) is 5.29. The van der Waals surface area contributed by atoms with Crippen LogP contribution in [0.4, 0.5) is 13.2 Å². The lowest BCUT2D eigenvalue weighted by Crippen LogP contribution is -2.33. The van der Waals surface area contributed by atoms with Crippen molar-refractivity contribution < 1.29 is 13.2 Å². The van der Waals surface area contributed by atoms with Crippen LogP contribution in [0, 0.1) is 0 Å². The molecule has 0 aromatic carbocycles. The van der Waals surface area contributed by atoms with Crippen LogP contribution in [-0.2, 0) is 10.9 Å². The molecule has 1 aliphatic carbocycles. The van der Waals surface area contributed by atoms with Gasteiger partial charge in [0.2, 0.25) is 0 Å². The van der Waals surface area contributed by atoms with Gasteiger partial charge in [-0.3, -0.25) is 0 Å². The van der Waals surface area contributed by atoms with Crippen LogP contribution in [0.5, 0.6) is 0 Å². The highest BCUT2D eigenvalue weighted by Crippen LogP contribution is 2.33. The van der Waals surface area contributed by atoms with Gasteiger partial charge in [0.1, 0.15) is 5.84 Å². The fourth-order valence-corrected chi connectivity index (χ4v) is 4.46. The summed E-state index contributed by atoms with van der Waals surface area (Å²) < 4.78 is 47.8. The maximum absolute atomic E-state index is 13.1. The molecule has 0 spiro atoms. The van der Waals surface area contributed by atoms with Crippen LogP contribution < -0.4 is 0 Å². The molecule has 0 radical (unpaired) electrons. The lowest BCUT2D eigenvalue weighted by molar-refractivity contribution is -0.0920. The van der Waals surface area contributed by atoms with E-state index in [4.69, 9.17) is 0 Å². The summed E-state index contributed by atoms with van der Waals surface area (Å²) in [4.78, 5) is 1.86. The fraction of sp³-hybridized carbons (Fsp3) is 0.786. The van der Waals surface area contributed by atoms with Crippen LogP contribution in [0.15, 0.2) is 20.5 Å². The van der Waals surface area contributed by atoms with Gasteiger partial charge >= 0.3 is 6.18 Å². The lowest BCUT2D eigenvalue weighted by Gasteiger charge is -2.28. The quantitative estimate of drug-likeness (QED) is 0.764. The third-order valence-corrected chi connectivity index (χ3v) is 5.70. The minimum atomic E-state index is -4.39. The zero-order valence-electron chi connectivity index (χ0n) is 12.5. The van der Waals surface area contributed by atoms with Gasteiger partial charge in [-0.25, -0.2) is 4.36 Å². The van der Waals surface area contributed by atoms with E-state index in [-0.39, 0.29) is 5.25 Å². The van der Waals surface area contributed by atoms with Gasteiger partial charge in [-0.05, 0) is 26.7 Å². The molecule has 1 fully saturated rings. The van der Waals surface area contributed by atoms with Crippen molar-refractivity contribution in [1.82, 2.24) is 4.90 Å². The van der Waals surface area contributed by atoms with Crippen molar-refractivity contribution in [3.63, 3.8) is 0 Å². The minimum absolute atomic E-state index is 0.176. The van der Waals surface area contributed by atoms with E-state index in [1.807, 2.05) is 18.7 Å². The summed E-state index contributed by atoms with van der Waals surface area (Å²) in [6.07, 6.45) is 1.89. The number of alkyl halides is 3. The van der Waals surface area contributed by atoms with Crippen molar-refractivity contribution in [2.24, 2.45) is 8.76 Å². The summed E-state index contributed by atoms with van der Waals surface area (Å²) in [5.41, 5.74) is -0.770. The molecule has 120 valence electrons. The standard InChI is InChI=1S/C14H22F3N3S/c1-3-20(4-2)13-10-12(14(15,16)17)18-21(19-13)11-8-6-5-7-9-11/h10-11H,3-9H2,1-2H3. The van der Waals surface area contributed by atoms with Gasteiger partial charge in [-0.1, -0.05) is 19.3 Å². The first-order valence-electron chi connectivity index (χ1n) is 7.53. The first-order chi connectivity index (χ1) is 9.95. The van der Waals surface area contributed by atoms with Crippen LogP contribution in [0.3, 0.4) is 0 Å². The molecule has 1 unspecified atom stereocenters. The van der Waals surface area contributed by atoms with E-state index in [9.17, 15) is 13.2 Å². The first kappa shape index (κ1) is 16.5. The van der Waals surface area contributed by atoms with Crippen molar-refractivity contribution in [2.45, 2.75) is 57.4 Å². The predicted molar refractivity (Wildman–Crippen MR) is 81.2 cm³/mol. The summed E-state index contributed by atoms with van der Waals surface area (Å²) in [5.74, 6) is 0.441. The van der Waals surface area contributed by atoms with Crippen molar-refractivity contribution in [1.29, 1.82) is 0 Å². The molecular weight excluding hydrogens is 299 g/mol. The monoisotopic (exact) mass is 321 g/mol. The number of allylic oxidation sites excluding steroid dienone is 1. The topological polar surface area (TPSA) is 28.0 Å². The molecule has 21 heavy (non-hydrogen) atoms. The molecule has 0 amide bonds.